The van der Waals surface area contributed by atoms with Crippen molar-refractivity contribution in [1.29, 1.82) is 0 Å². The van der Waals surface area contributed by atoms with Crippen LogP contribution in [0.15, 0.2) is 12.7 Å². The van der Waals surface area contributed by atoms with Crippen LogP contribution in [0.5, 0.6) is 0 Å². The van der Waals surface area contributed by atoms with Crippen LogP contribution in [0, 0.1) is 0 Å². The first kappa shape index (κ1) is 18.9. The van der Waals surface area contributed by atoms with E-state index in [9.17, 15) is 4.79 Å². The van der Waals surface area contributed by atoms with E-state index < -0.39 is 7.82 Å². The van der Waals surface area contributed by atoms with Gasteiger partial charge in [0.05, 0.1) is 6.61 Å². The minimum Gasteiger partial charge on any atom is -0.463 e. The first-order valence-electron chi connectivity index (χ1n) is 3.38. The Balaban J connectivity index is -0.000000177. The fourth-order valence-corrected chi connectivity index (χ4v) is 0.262. The summed E-state index contributed by atoms with van der Waals surface area (Å²) in [6.07, 6.45) is 2.02. The second-order valence-corrected chi connectivity index (χ2v) is 2.91. The van der Waals surface area contributed by atoms with Gasteiger partial charge < -0.3 is 24.9 Å². The first-order valence-corrected chi connectivity index (χ1v) is 4.95. The normalized spacial score (nSPS) is 8.86. The van der Waals surface area contributed by atoms with Crippen LogP contribution < -0.4 is 0 Å². The standard InChI is InChI=1S/C6H10O2.H3O4P.H2O/c1-3-5-8-6(7)4-2;1-5(2,3)4;/h4H,2-3,5H2,1H3;(H3,1,2,3,4);1H2. The zero-order valence-electron chi connectivity index (χ0n) is 7.71. The monoisotopic (exact) mass is 230 g/mol. The second-order valence-electron chi connectivity index (χ2n) is 1.88. The van der Waals surface area contributed by atoms with E-state index in [2.05, 4.69) is 11.3 Å². The average molecular weight is 230 g/mol. The van der Waals surface area contributed by atoms with Gasteiger partial charge in [0, 0.05) is 6.08 Å². The predicted octanol–water partition coefficient (Wildman–Crippen LogP) is -0.628. The Morgan fingerprint density at radius 1 is 1.50 bits per heavy atom. The van der Waals surface area contributed by atoms with E-state index in [1.165, 1.54) is 0 Å². The van der Waals surface area contributed by atoms with Crippen LogP contribution >= 0.6 is 7.82 Å². The highest BCUT2D eigenvalue weighted by Gasteiger charge is 2.00. The number of carbonyl (C=O) groups is 1. The van der Waals surface area contributed by atoms with E-state index in [0.717, 1.165) is 12.5 Å². The molecule has 0 fully saturated rings. The van der Waals surface area contributed by atoms with Gasteiger partial charge in [0.1, 0.15) is 0 Å². The molecule has 0 amide bonds. The summed E-state index contributed by atoms with van der Waals surface area (Å²) in [4.78, 5) is 31.8. The maximum atomic E-state index is 10.2. The number of hydrogen-bond donors (Lipinski definition) is 3. The third kappa shape index (κ3) is 42.8. The van der Waals surface area contributed by atoms with Gasteiger partial charge >= 0.3 is 13.8 Å². The van der Waals surface area contributed by atoms with Gasteiger partial charge in [0.2, 0.25) is 0 Å². The van der Waals surface area contributed by atoms with Crippen molar-refractivity contribution in [3.8, 4) is 0 Å². The molecule has 5 N–H and O–H groups in total. The molecule has 0 aliphatic carbocycles. The number of carbonyl (C=O) groups excluding carboxylic acids is 1. The predicted molar refractivity (Wildman–Crippen MR) is 49.3 cm³/mol. The van der Waals surface area contributed by atoms with Gasteiger partial charge in [-0.1, -0.05) is 13.5 Å². The number of rotatable bonds is 3. The van der Waals surface area contributed by atoms with Crippen molar-refractivity contribution >= 4 is 13.8 Å². The van der Waals surface area contributed by atoms with Gasteiger partial charge in [0.25, 0.3) is 0 Å². The fraction of sp³-hybridized carbons (Fsp3) is 0.500. The molecule has 0 aromatic rings. The fourth-order valence-electron chi connectivity index (χ4n) is 0.262. The van der Waals surface area contributed by atoms with Crippen LogP contribution in [0.3, 0.4) is 0 Å². The summed E-state index contributed by atoms with van der Waals surface area (Å²) in [6, 6.07) is 0. The van der Waals surface area contributed by atoms with E-state index in [1.54, 1.807) is 0 Å². The van der Waals surface area contributed by atoms with E-state index in [-0.39, 0.29) is 11.4 Å². The summed E-state index contributed by atoms with van der Waals surface area (Å²) in [7, 11) is -4.64. The van der Waals surface area contributed by atoms with Gasteiger partial charge in [-0.3, -0.25) is 0 Å². The summed E-state index contributed by atoms with van der Waals surface area (Å²) in [5, 5.41) is 0. The molecular weight excluding hydrogens is 215 g/mol. The molecule has 14 heavy (non-hydrogen) atoms. The van der Waals surface area contributed by atoms with Crippen molar-refractivity contribution in [2.24, 2.45) is 0 Å². The summed E-state index contributed by atoms with van der Waals surface area (Å²) < 4.78 is 13.5. The largest absolute Gasteiger partial charge is 0.466 e. The quantitative estimate of drug-likeness (QED) is 0.335. The lowest BCUT2D eigenvalue weighted by atomic mass is 10.5. The van der Waals surface area contributed by atoms with E-state index in [4.69, 9.17) is 19.2 Å². The van der Waals surface area contributed by atoms with Gasteiger partial charge in [-0.2, -0.15) is 0 Å². The van der Waals surface area contributed by atoms with E-state index in [0.29, 0.717) is 6.61 Å². The Bertz CT molecular complexity index is 188. The Morgan fingerprint density at radius 2 is 1.86 bits per heavy atom. The molecule has 0 aromatic heterocycles. The molecule has 0 spiro atoms. The topological polar surface area (TPSA) is 136 Å². The van der Waals surface area contributed by atoms with Crippen molar-refractivity contribution in [2.75, 3.05) is 6.61 Å². The third-order valence-corrected chi connectivity index (χ3v) is 0.615. The maximum Gasteiger partial charge on any atom is 0.466 e. The summed E-state index contributed by atoms with van der Waals surface area (Å²) in [5.74, 6) is -0.341. The first-order chi connectivity index (χ1) is 5.81. The molecule has 7 nitrogen and oxygen atoms in total. The van der Waals surface area contributed by atoms with E-state index >= 15 is 0 Å². The molecule has 0 unspecified atom stereocenters. The van der Waals surface area contributed by atoms with Crippen LogP contribution in [0.25, 0.3) is 0 Å². The lowest BCUT2D eigenvalue weighted by Gasteiger charge is -1.94. The molecule has 0 saturated heterocycles. The molecule has 0 heterocycles. The molecule has 8 heteroatoms. The zero-order valence-corrected chi connectivity index (χ0v) is 8.61. The van der Waals surface area contributed by atoms with Crippen LogP contribution in [-0.2, 0) is 14.1 Å². The van der Waals surface area contributed by atoms with Crippen molar-refractivity contribution in [2.45, 2.75) is 13.3 Å². The van der Waals surface area contributed by atoms with Crippen molar-refractivity contribution < 1.29 is 34.3 Å². The third-order valence-electron chi connectivity index (χ3n) is 0.615. The van der Waals surface area contributed by atoms with Gasteiger partial charge in [-0.15, -0.1) is 0 Å². The number of esters is 1. The minimum atomic E-state index is -4.64. The molecule has 86 valence electrons. The summed E-state index contributed by atoms with van der Waals surface area (Å²) in [5.41, 5.74) is 0. The number of ether oxygens (including phenoxy) is 1. The summed E-state index contributed by atoms with van der Waals surface area (Å²) in [6.45, 7) is 5.67. The number of phosphoric acid groups is 1. The van der Waals surface area contributed by atoms with Crippen LogP contribution in [0.1, 0.15) is 13.3 Å². The highest BCUT2D eigenvalue weighted by atomic mass is 31.2. The minimum absolute atomic E-state index is 0. The Morgan fingerprint density at radius 3 is 2.07 bits per heavy atom. The Labute approximate surface area is 81.6 Å². The highest BCUT2D eigenvalue weighted by molar-refractivity contribution is 7.45. The molecule has 0 atom stereocenters. The molecule has 0 rings (SSSR count). The van der Waals surface area contributed by atoms with E-state index in [1.807, 2.05) is 6.92 Å². The highest BCUT2D eigenvalue weighted by Crippen LogP contribution is 2.25. The summed E-state index contributed by atoms with van der Waals surface area (Å²) >= 11 is 0. The smallest absolute Gasteiger partial charge is 0.463 e. The van der Waals surface area contributed by atoms with Crippen LogP contribution in [0.2, 0.25) is 0 Å². The number of hydrogen-bond acceptors (Lipinski definition) is 3. The van der Waals surface area contributed by atoms with Gasteiger partial charge in [-0.05, 0) is 6.42 Å². The molecule has 0 aliphatic heterocycles. The lowest BCUT2D eigenvalue weighted by molar-refractivity contribution is -0.137. The molecule has 0 aliphatic rings. The Kier molecular flexibility index (Phi) is 14.0. The molecule has 0 bridgehead atoms. The Hall–Kier alpha value is -0.720. The van der Waals surface area contributed by atoms with Crippen molar-refractivity contribution in [3.05, 3.63) is 12.7 Å². The zero-order chi connectivity index (χ0) is 10.9. The van der Waals surface area contributed by atoms with Crippen molar-refractivity contribution in [3.63, 3.8) is 0 Å². The molecule has 0 saturated carbocycles. The molecule has 0 aromatic carbocycles. The maximum absolute atomic E-state index is 10.2. The SMILES string of the molecule is C=CC(=O)OCCC.O.O=P(O)(O)O. The van der Waals surface area contributed by atoms with Gasteiger partial charge in [0.15, 0.2) is 0 Å². The molecule has 0 radical (unpaired) electrons. The van der Waals surface area contributed by atoms with Crippen LogP contribution in [-0.4, -0.2) is 32.7 Å². The van der Waals surface area contributed by atoms with Crippen molar-refractivity contribution in [1.82, 2.24) is 0 Å². The lowest BCUT2D eigenvalue weighted by Crippen LogP contribution is -1.99. The van der Waals surface area contributed by atoms with Gasteiger partial charge in [-0.25, -0.2) is 9.36 Å². The van der Waals surface area contributed by atoms with Crippen LogP contribution in [0.4, 0.5) is 0 Å². The average Bonchev–Trinajstić information content (AvgIpc) is 1.97. The molecular formula is C6H15O7P. The second kappa shape index (κ2) is 10.4.